The summed E-state index contributed by atoms with van der Waals surface area (Å²) in [6.07, 6.45) is 1.73. The number of fused-ring (bicyclic) bond motifs is 1. The van der Waals surface area contributed by atoms with Crippen molar-refractivity contribution in [2.24, 2.45) is 0 Å². The second-order valence-corrected chi connectivity index (χ2v) is 5.77. The highest BCUT2D eigenvalue weighted by Crippen LogP contribution is 2.15. The number of hydrogen-bond donors (Lipinski definition) is 1. The average molecular weight is 265 g/mol. The SMILES string of the molecule is CCn1c(CNCCS(C)=O)nc2ccccc21. The molecule has 5 heteroatoms. The molecule has 1 atom stereocenters. The molecule has 0 saturated heterocycles. The van der Waals surface area contributed by atoms with E-state index in [0.717, 1.165) is 31.0 Å². The molecule has 98 valence electrons. The monoisotopic (exact) mass is 265 g/mol. The lowest BCUT2D eigenvalue weighted by Crippen LogP contribution is -2.21. The van der Waals surface area contributed by atoms with Gasteiger partial charge in [0.15, 0.2) is 0 Å². The fourth-order valence-electron chi connectivity index (χ4n) is 2.03. The van der Waals surface area contributed by atoms with Crippen LogP contribution in [0.15, 0.2) is 24.3 Å². The largest absolute Gasteiger partial charge is 0.327 e. The summed E-state index contributed by atoms with van der Waals surface area (Å²) in [4.78, 5) is 4.62. The highest BCUT2D eigenvalue weighted by molar-refractivity contribution is 7.84. The third-order valence-electron chi connectivity index (χ3n) is 2.90. The van der Waals surface area contributed by atoms with Gasteiger partial charge >= 0.3 is 0 Å². The Morgan fingerprint density at radius 2 is 2.17 bits per heavy atom. The summed E-state index contributed by atoms with van der Waals surface area (Å²) in [5.41, 5.74) is 2.21. The smallest absolute Gasteiger partial charge is 0.123 e. The number of para-hydroxylation sites is 2. The van der Waals surface area contributed by atoms with Crippen LogP contribution in [-0.4, -0.2) is 32.3 Å². The van der Waals surface area contributed by atoms with Crippen molar-refractivity contribution in [2.75, 3.05) is 18.6 Å². The van der Waals surface area contributed by atoms with E-state index in [1.54, 1.807) is 6.26 Å². The number of rotatable bonds is 6. The van der Waals surface area contributed by atoms with Crippen LogP contribution in [0, 0.1) is 0 Å². The van der Waals surface area contributed by atoms with Crippen molar-refractivity contribution < 1.29 is 4.21 Å². The molecule has 2 rings (SSSR count). The van der Waals surface area contributed by atoms with Crippen LogP contribution in [0.2, 0.25) is 0 Å². The Kier molecular flexibility index (Phi) is 4.49. The van der Waals surface area contributed by atoms with Crippen LogP contribution in [-0.2, 0) is 23.9 Å². The summed E-state index contributed by atoms with van der Waals surface area (Å²) < 4.78 is 13.2. The van der Waals surface area contributed by atoms with Gasteiger partial charge in [0.25, 0.3) is 0 Å². The molecule has 0 aliphatic heterocycles. The van der Waals surface area contributed by atoms with Crippen molar-refractivity contribution in [3.63, 3.8) is 0 Å². The van der Waals surface area contributed by atoms with Gasteiger partial charge in [-0.25, -0.2) is 4.98 Å². The van der Waals surface area contributed by atoms with Crippen LogP contribution in [0.4, 0.5) is 0 Å². The van der Waals surface area contributed by atoms with Crippen LogP contribution in [0.1, 0.15) is 12.7 Å². The van der Waals surface area contributed by atoms with E-state index in [0.29, 0.717) is 5.75 Å². The first-order valence-corrected chi connectivity index (χ1v) is 7.90. The maximum Gasteiger partial charge on any atom is 0.123 e. The number of nitrogens with one attached hydrogen (secondary N) is 1. The van der Waals surface area contributed by atoms with Crippen molar-refractivity contribution in [3.8, 4) is 0 Å². The Balaban J connectivity index is 2.10. The summed E-state index contributed by atoms with van der Waals surface area (Å²) >= 11 is 0. The number of aromatic nitrogens is 2. The van der Waals surface area contributed by atoms with Crippen molar-refractivity contribution in [1.82, 2.24) is 14.9 Å². The van der Waals surface area contributed by atoms with E-state index >= 15 is 0 Å². The Bertz CT molecular complexity index is 550. The third-order valence-corrected chi connectivity index (χ3v) is 3.68. The van der Waals surface area contributed by atoms with E-state index in [1.165, 1.54) is 5.52 Å². The van der Waals surface area contributed by atoms with E-state index in [4.69, 9.17) is 0 Å². The molecular weight excluding hydrogens is 246 g/mol. The van der Waals surface area contributed by atoms with E-state index in [1.807, 2.05) is 18.2 Å². The maximum atomic E-state index is 11.0. The van der Waals surface area contributed by atoms with Crippen LogP contribution in [0.3, 0.4) is 0 Å². The zero-order chi connectivity index (χ0) is 13.0. The molecule has 0 spiro atoms. The molecule has 2 aromatic rings. The summed E-state index contributed by atoms with van der Waals surface area (Å²) in [6.45, 7) is 4.52. The highest BCUT2D eigenvalue weighted by Gasteiger charge is 2.07. The average Bonchev–Trinajstić information content (AvgIpc) is 2.71. The zero-order valence-electron chi connectivity index (χ0n) is 10.8. The van der Waals surface area contributed by atoms with Crippen molar-refractivity contribution >= 4 is 21.8 Å². The van der Waals surface area contributed by atoms with Crippen molar-refractivity contribution in [3.05, 3.63) is 30.1 Å². The molecule has 0 amide bonds. The highest BCUT2D eigenvalue weighted by atomic mass is 32.2. The van der Waals surface area contributed by atoms with Crippen molar-refractivity contribution in [2.45, 2.75) is 20.0 Å². The Morgan fingerprint density at radius 1 is 1.39 bits per heavy atom. The molecule has 0 bridgehead atoms. The minimum absolute atomic E-state index is 0.687. The lowest BCUT2D eigenvalue weighted by Gasteiger charge is -2.06. The Labute approximate surface area is 110 Å². The number of benzene rings is 1. The molecule has 1 heterocycles. The van der Waals surface area contributed by atoms with E-state index in [9.17, 15) is 4.21 Å². The van der Waals surface area contributed by atoms with Crippen LogP contribution in [0.5, 0.6) is 0 Å². The quantitative estimate of drug-likeness (QED) is 0.806. The molecule has 1 aromatic heterocycles. The van der Waals surface area contributed by atoms with Gasteiger partial charge in [-0.1, -0.05) is 12.1 Å². The van der Waals surface area contributed by atoms with Gasteiger partial charge in [-0.3, -0.25) is 4.21 Å². The van der Waals surface area contributed by atoms with Gasteiger partial charge in [0, 0.05) is 35.9 Å². The summed E-state index contributed by atoms with van der Waals surface area (Å²) in [5, 5.41) is 3.29. The van der Waals surface area contributed by atoms with Crippen molar-refractivity contribution in [1.29, 1.82) is 0 Å². The Hall–Kier alpha value is -1.20. The van der Waals surface area contributed by atoms with Crippen LogP contribution in [0.25, 0.3) is 11.0 Å². The van der Waals surface area contributed by atoms with Crippen LogP contribution >= 0.6 is 0 Å². The Morgan fingerprint density at radius 3 is 2.89 bits per heavy atom. The maximum absolute atomic E-state index is 11.0. The summed E-state index contributed by atoms with van der Waals surface area (Å²) in [6, 6.07) is 8.17. The van der Waals surface area contributed by atoms with Gasteiger partial charge in [0.1, 0.15) is 5.82 Å². The number of aryl methyl sites for hydroxylation is 1. The molecule has 1 aromatic carbocycles. The number of nitrogens with zero attached hydrogens (tertiary/aromatic N) is 2. The topological polar surface area (TPSA) is 46.9 Å². The lowest BCUT2D eigenvalue weighted by molar-refractivity contribution is 0.635. The molecule has 1 unspecified atom stereocenters. The van der Waals surface area contributed by atoms with E-state index < -0.39 is 10.8 Å². The van der Waals surface area contributed by atoms with E-state index in [-0.39, 0.29) is 0 Å². The predicted octanol–water partition coefficient (Wildman–Crippen LogP) is 1.52. The molecule has 0 fully saturated rings. The molecule has 4 nitrogen and oxygen atoms in total. The molecule has 0 aliphatic carbocycles. The standard InChI is InChI=1S/C13H19N3OS/c1-3-16-12-7-5-4-6-11(12)15-13(16)10-14-8-9-18(2)17/h4-7,14H,3,8-10H2,1-2H3. The zero-order valence-corrected chi connectivity index (χ0v) is 11.7. The molecule has 18 heavy (non-hydrogen) atoms. The lowest BCUT2D eigenvalue weighted by atomic mass is 10.3. The summed E-state index contributed by atoms with van der Waals surface area (Å²) in [5.74, 6) is 1.73. The van der Waals surface area contributed by atoms with Gasteiger partial charge in [-0.2, -0.15) is 0 Å². The van der Waals surface area contributed by atoms with Crippen LogP contribution < -0.4 is 5.32 Å². The first kappa shape index (κ1) is 13.2. The molecule has 0 radical (unpaired) electrons. The molecule has 1 N–H and O–H groups in total. The first-order valence-electron chi connectivity index (χ1n) is 6.17. The minimum Gasteiger partial charge on any atom is -0.327 e. The normalized spacial score (nSPS) is 13.0. The van der Waals surface area contributed by atoms with Gasteiger partial charge in [0.05, 0.1) is 17.6 Å². The summed E-state index contributed by atoms with van der Waals surface area (Å²) in [7, 11) is -0.735. The van der Waals surface area contributed by atoms with Gasteiger partial charge in [-0.15, -0.1) is 0 Å². The van der Waals surface area contributed by atoms with Gasteiger partial charge < -0.3 is 9.88 Å². The van der Waals surface area contributed by atoms with Gasteiger partial charge in [0.2, 0.25) is 0 Å². The fraction of sp³-hybridized carbons (Fsp3) is 0.462. The predicted molar refractivity (Wildman–Crippen MR) is 76.0 cm³/mol. The fourth-order valence-corrected chi connectivity index (χ4v) is 2.46. The molecular formula is C13H19N3OS. The molecule has 0 aliphatic rings. The second-order valence-electron chi connectivity index (χ2n) is 4.22. The minimum atomic E-state index is -0.735. The van der Waals surface area contributed by atoms with E-state index in [2.05, 4.69) is 27.9 Å². The first-order chi connectivity index (χ1) is 8.72. The third kappa shape index (κ3) is 2.97. The number of hydrogen-bond acceptors (Lipinski definition) is 3. The molecule has 0 saturated carbocycles. The van der Waals surface area contributed by atoms with Gasteiger partial charge in [-0.05, 0) is 19.1 Å². The number of imidazole rings is 1. The second kappa shape index (κ2) is 6.11.